The third-order valence-corrected chi connectivity index (χ3v) is 4.95. The van der Waals surface area contributed by atoms with E-state index in [1.807, 2.05) is 43.1 Å². The monoisotopic (exact) mass is 300 g/mol. The molecule has 1 heterocycles. The van der Waals surface area contributed by atoms with Crippen molar-refractivity contribution in [2.45, 2.75) is 18.2 Å². The van der Waals surface area contributed by atoms with Crippen molar-refractivity contribution in [3.8, 4) is 0 Å². The van der Waals surface area contributed by atoms with Crippen molar-refractivity contribution in [2.24, 2.45) is 4.40 Å². The summed E-state index contributed by atoms with van der Waals surface area (Å²) in [5, 5.41) is 0. The maximum absolute atomic E-state index is 12.4. The van der Waals surface area contributed by atoms with Gasteiger partial charge in [0.25, 0.3) is 10.0 Å². The maximum Gasteiger partial charge on any atom is 0.283 e. The van der Waals surface area contributed by atoms with Crippen molar-refractivity contribution in [1.29, 1.82) is 0 Å². The first-order chi connectivity index (χ1) is 9.97. The second-order valence-corrected chi connectivity index (χ2v) is 6.76. The number of anilines is 1. The SMILES string of the molecule is Cc1ccc(S(=O)(=O)/N=C2/Cc3ccccc3N2C)cc1. The van der Waals surface area contributed by atoms with E-state index in [9.17, 15) is 8.42 Å². The Morgan fingerprint density at radius 3 is 2.38 bits per heavy atom. The molecule has 0 amide bonds. The van der Waals surface area contributed by atoms with E-state index in [0.717, 1.165) is 16.8 Å². The summed E-state index contributed by atoms with van der Waals surface area (Å²) in [5.74, 6) is 0.553. The van der Waals surface area contributed by atoms with Crippen molar-refractivity contribution in [1.82, 2.24) is 0 Å². The van der Waals surface area contributed by atoms with Crippen LogP contribution in [0.4, 0.5) is 5.69 Å². The average molecular weight is 300 g/mol. The number of nitrogens with zero attached hydrogens (tertiary/aromatic N) is 2. The topological polar surface area (TPSA) is 49.7 Å². The summed E-state index contributed by atoms with van der Waals surface area (Å²) < 4.78 is 28.8. The lowest BCUT2D eigenvalue weighted by atomic mass is 10.2. The van der Waals surface area contributed by atoms with E-state index in [4.69, 9.17) is 0 Å². The van der Waals surface area contributed by atoms with Gasteiger partial charge in [-0.1, -0.05) is 35.9 Å². The van der Waals surface area contributed by atoms with Crippen LogP contribution in [0, 0.1) is 6.92 Å². The lowest BCUT2D eigenvalue weighted by molar-refractivity contribution is 0.598. The van der Waals surface area contributed by atoms with Crippen LogP contribution < -0.4 is 4.90 Å². The van der Waals surface area contributed by atoms with Crippen LogP contribution in [0.2, 0.25) is 0 Å². The summed E-state index contributed by atoms with van der Waals surface area (Å²) in [7, 11) is -1.82. The summed E-state index contributed by atoms with van der Waals surface area (Å²) in [6.45, 7) is 1.92. The molecular formula is C16H16N2O2S. The van der Waals surface area contributed by atoms with E-state index >= 15 is 0 Å². The number of benzene rings is 2. The van der Waals surface area contributed by atoms with Gasteiger partial charge in [0, 0.05) is 19.2 Å². The maximum atomic E-state index is 12.4. The molecule has 0 saturated carbocycles. The molecule has 21 heavy (non-hydrogen) atoms. The third-order valence-electron chi connectivity index (χ3n) is 3.63. The molecule has 1 aliphatic rings. The highest BCUT2D eigenvalue weighted by atomic mass is 32.2. The molecule has 0 radical (unpaired) electrons. The number of rotatable bonds is 2. The summed E-state index contributed by atoms with van der Waals surface area (Å²) in [5.41, 5.74) is 3.13. The zero-order valence-corrected chi connectivity index (χ0v) is 12.8. The molecular weight excluding hydrogens is 284 g/mol. The fraction of sp³-hybridized carbons (Fsp3) is 0.188. The highest BCUT2D eigenvalue weighted by Crippen LogP contribution is 2.28. The van der Waals surface area contributed by atoms with Crippen LogP contribution in [0.15, 0.2) is 57.8 Å². The predicted molar refractivity (Wildman–Crippen MR) is 84.3 cm³/mol. The van der Waals surface area contributed by atoms with E-state index in [-0.39, 0.29) is 4.90 Å². The van der Waals surface area contributed by atoms with Gasteiger partial charge in [0.05, 0.1) is 4.90 Å². The molecule has 0 fully saturated rings. The number of hydrogen-bond acceptors (Lipinski definition) is 2. The normalized spacial score (nSPS) is 16.3. The number of amidine groups is 1. The first kappa shape index (κ1) is 13.8. The van der Waals surface area contributed by atoms with Gasteiger partial charge in [-0.05, 0) is 30.7 Å². The van der Waals surface area contributed by atoms with Gasteiger partial charge in [-0.3, -0.25) is 0 Å². The quantitative estimate of drug-likeness (QED) is 0.857. The molecule has 0 saturated heterocycles. The number of fused-ring (bicyclic) bond motifs is 1. The van der Waals surface area contributed by atoms with Crippen LogP contribution in [-0.2, 0) is 16.4 Å². The van der Waals surface area contributed by atoms with Crippen LogP contribution in [0.3, 0.4) is 0 Å². The second kappa shape index (κ2) is 5.00. The largest absolute Gasteiger partial charge is 0.332 e. The summed E-state index contributed by atoms with van der Waals surface area (Å²) in [6, 6.07) is 14.6. The Balaban J connectivity index is 1.98. The second-order valence-electron chi connectivity index (χ2n) is 5.16. The Morgan fingerprint density at radius 1 is 1.05 bits per heavy atom. The predicted octanol–water partition coefficient (Wildman–Crippen LogP) is 2.77. The molecule has 0 aromatic heterocycles. The molecule has 0 bridgehead atoms. The molecule has 5 heteroatoms. The van der Waals surface area contributed by atoms with E-state index in [1.54, 1.807) is 24.3 Å². The minimum absolute atomic E-state index is 0.227. The zero-order chi connectivity index (χ0) is 15.0. The minimum atomic E-state index is -3.66. The average Bonchev–Trinajstić information content (AvgIpc) is 2.76. The van der Waals surface area contributed by atoms with Gasteiger partial charge >= 0.3 is 0 Å². The molecule has 3 rings (SSSR count). The summed E-state index contributed by atoms with van der Waals surface area (Å²) in [6.07, 6.45) is 0.539. The fourth-order valence-corrected chi connectivity index (χ4v) is 3.46. The van der Waals surface area contributed by atoms with Gasteiger partial charge in [0.15, 0.2) is 0 Å². The van der Waals surface area contributed by atoms with Crippen LogP contribution in [0.25, 0.3) is 0 Å². The Morgan fingerprint density at radius 2 is 1.71 bits per heavy atom. The van der Waals surface area contributed by atoms with E-state index in [2.05, 4.69) is 4.40 Å². The molecule has 0 atom stereocenters. The fourth-order valence-electron chi connectivity index (χ4n) is 2.41. The van der Waals surface area contributed by atoms with Crippen molar-refractivity contribution in [2.75, 3.05) is 11.9 Å². The van der Waals surface area contributed by atoms with Gasteiger partial charge in [0.1, 0.15) is 5.84 Å². The smallest absolute Gasteiger partial charge is 0.283 e. The van der Waals surface area contributed by atoms with E-state index in [0.29, 0.717) is 12.3 Å². The van der Waals surface area contributed by atoms with Gasteiger partial charge in [-0.25, -0.2) is 0 Å². The van der Waals surface area contributed by atoms with Gasteiger partial charge in [-0.15, -0.1) is 4.40 Å². The zero-order valence-electron chi connectivity index (χ0n) is 11.9. The van der Waals surface area contributed by atoms with Gasteiger partial charge in [-0.2, -0.15) is 8.42 Å². The highest BCUT2D eigenvalue weighted by molar-refractivity contribution is 7.90. The summed E-state index contributed by atoms with van der Waals surface area (Å²) >= 11 is 0. The minimum Gasteiger partial charge on any atom is -0.332 e. The summed E-state index contributed by atoms with van der Waals surface area (Å²) in [4.78, 5) is 2.06. The standard InChI is InChI=1S/C16H16N2O2S/c1-12-7-9-14(10-8-12)21(19,20)17-16-11-13-5-3-4-6-15(13)18(16)2/h3-10H,11H2,1-2H3/b17-16-. The molecule has 2 aromatic rings. The Kier molecular flexibility index (Phi) is 3.29. The number of para-hydroxylation sites is 1. The van der Waals surface area contributed by atoms with Crippen LogP contribution in [-0.4, -0.2) is 21.3 Å². The van der Waals surface area contributed by atoms with Crippen molar-refractivity contribution >= 4 is 21.5 Å². The van der Waals surface area contributed by atoms with Crippen molar-refractivity contribution < 1.29 is 8.42 Å². The van der Waals surface area contributed by atoms with Crippen LogP contribution in [0.5, 0.6) is 0 Å². The number of aryl methyl sites for hydroxylation is 1. The first-order valence-corrected chi connectivity index (χ1v) is 8.13. The Labute approximate surface area is 124 Å². The van der Waals surface area contributed by atoms with Gasteiger partial charge in [0.2, 0.25) is 0 Å². The molecule has 2 aromatic carbocycles. The first-order valence-electron chi connectivity index (χ1n) is 6.69. The lowest BCUT2D eigenvalue weighted by Gasteiger charge is -2.13. The Hall–Kier alpha value is -2.14. The number of sulfonamides is 1. The molecule has 1 aliphatic heterocycles. The van der Waals surface area contributed by atoms with Crippen molar-refractivity contribution in [3.05, 3.63) is 59.7 Å². The van der Waals surface area contributed by atoms with Crippen LogP contribution >= 0.6 is 0 Å². The number of hydrogen-bond donors (Lipinski definition) is 0. The Bertz CT molecular complexity index is 808. The molecule has 0 spiro atoms. The van der Waals surface area contributed by atoms with E-state index < -0.39 is 10.0 Å². The molecule has 4 nitrogen and oxygen atoms in total. The highest BCUT2D eigenvalue weighted by Gasteiger charge is 2.24. The van der Waals surface area contributed by atoms with Crippen molar-refractivity contribution in [3.63, 3.8) is 0 Å². The van der Waals surface area contributed by atoms with E-state index in [1.165, 1.54) is 0 Å². The number of likely N-dealkylation sites (N-methyl/N-ethyl adjacent to an activating group) is 1. The lowest BCUT2D eigenvalue weighted by Crippen LogP contribution is -2.23. The molecule has 0 unspecified atom stereocenters. The van der Waals surface area contributed by atoms with Crippen LogP contribution in [0.1, 0.15) is 11.1 Å². The molecule has 108 valence electrons. The van der Waals surface area contributed by atoms with Gasteiger partial charge < -0.3 is 4.90 Å². The molecule has 0 aliphatic carbocycles. The molecule has 0 N–H and O–H groups in total. The third kappa shape index (κ3) is 2.56.